The first-order chi connectivity index (χ1) is 9.15. The molecule has 1 unspecified atom stereocenters. The molecular formula is C14H21N3O2. The number of benzene rings is 1. The van der Waals surface area contributed by atoms with Gasteiger partial charge in [-0.15, -0.1) is 0 Å². The molecule has 1 aromatic rings. The number of carbonyl (C=O) groups excluding carboxylic acids is 1. The maximum Gasteiger partial charge on any atom is 0.254 e. The van der Waals surface area contributed by atoms with Gasteiger partial charge in [-0.1, -0.05) is 0 Å². The van der Waals surface area contributed by atoms with Gasteiger partial charge in [0.05, 0.1) is 13.2 Å². The summed E-state index contributed by atoms with van der Waals surface area (Å²) >= 11 is 0. The number of hydrogen-bond acceptors (Lipinski definition) is 4. The van der Waals surface area contributed by atoms with Crippen LogP contribution in [-0.2, 0) is 0 Å². The van der Waals surface area contributed by atoms with E-state index in [9.17, 15) is 4.79 Å². The largest absolute Gasteiger partial charge is 0.497 e. The minimum absolute atomic E-state index is 0.0474. The molecule has 0 aromatic heterocycles. The highest BCUT2D eigenvalue weighted by molar-refractivity contribution is 5.94. The van der Waals surface area contributed by atoms with Gasteiger partial charge in [0.25, 0.3) is 5.91 Å². The molecule has 0 spiro atoms. The lowest BCUT2D eigenvalue weighted by molar-refractivity contribution is 0.0516. The third-order valence-electron chi connectivity index (χ3n) is 3.56. The zero-order chi connectivity index (χ0) is 13.8. The van der Waals surface area contributed by atoms with E-state index in [2.05, 4.69) is 11.9 Å². The molecular weight excluding hydrogens is 242 g/mol. The van der Waals surface area contributed by atoms with Crippen LogP contribution in [0.15, 0.2) is 24.3 Å². The second-order valence-electron chi connectivity index (χ2n) is 4.88. The van der Waals surface area contributed by atoms with Crippen molar-refractivity contribution in [1.82, 2.24) is 9.80 Å². The Balaban J connectivity index is 2.13. The number of rotatable bonds is 3. The van der Waals surface area contributed by atoms with Crippen LogP contribution in [-0.4, -0.2) is 62.1 Å². The van der Waals surface area contributed by atoms with E-state index < -0.39 is 0 Å². The minimum atomic E-state index is 0.0474. The molecule has 104 valence electrons. The zero-order valence-corrected chi connectivity index (χ0v) is 11.5. The van der Waals surface area contributed by atoms with Crippen molar-refractivity contribution < 1.29 is 9.53 Å². The number of carbonyl (C=O) groups is 1. The summed E-state index contributed by atoms with van der Waals surface area (Å²) in [5.41, 5.74) is 6.46. The number of methoxy groups -OCH3 is 1. The second kappa shape index (κ2) is 6.04. The van der Waals surface area contributed by atoms with Gasteiger partial charge in [-0.05, 0) is 31.3 Å². The molecule has 1 aromatic carbocycles. The van der Waals surface area contributed by atoms with Gasteiger partial charge in [-0.2, -0.15) is 0 Å². The average molecular weight is 263 g/mol. The van der Waals surface area contributed by atoms with E-state index in [4.69, 9.17) is 10.5 Å². The quantitative estimate of drug-likeness (QED) is 0.858. The summed E-state index contributed by atoms with van der Waals surface area (Å²) in [6.45, 7) is 2.94. The lowest BCUT2D eigenvalue weighted by atomic mass is 10.1. The fraction of sp³-hybridized carbons (Fsp3) is 0.500. The summed E-state index contributed by atoms with van der Waals surface area (Å²) in [5, 5.41) is 0. The Hall–Kier alpha value is -1.59. The minimum Gasteiger partial charge on any atom is -0.497 e. The Morgan fingerprint density at radius 3 is 2.63 bits per heavy atom. The smallest absolute Gasteiger partial charge is 0.254 e. The molecule has 5 heteroatoms. The van der Waals surface area contributed by atoms with Crippen LogP contribution in [0.25, 0.3) is 0 Å². The molecule has 0 radical (unpaired) electrons. The van der Waals surface area contributed by atoms with Crippen LogP contribution >= 0.6 is 0 Å². The van der Waals surface area contributed by atoms with E-state index in [1.54, 1.807) is 31.4 Å². The highest BCUT2D eigenvalue weighted by atomic mass is 16.5. The third kappa shape index (κ3) is 3.05. The average Bonchev–Trinajstić information content (AvgIpc) is 2.46. The van der Waals surface area contributed by atoms with Crippen LogP contribution in [0.5, 0.6) is 5.75 Å². The van der Waals surface area contributed by atoms with Crippen LogP contribution in [0.1, 0.15) is 10.4 Å². The number of ether oxygens (including phenoxy) is 1. The molecule has 5 nitrogen and oxygen atoms in total. The molecule has 19 heavy (non-hydrogen) atoms. The predicted octanol–water partition coefficient (Wildman–Crippen LogP) is 0.410. The number of hydrogen-bond donors (Lipinski definition) is 1. The Morgan fingerprint density at radius 2 is 2.05 bits per heavy atom. The summed E-state index contributed by atoms with van der Waals surface area (Å²) in [6.07, 6.45) is 0. The number of nitrogens with two attached hydrogens (primary N) is 1. The molecule has 1 amide bonds. The lowest BCUT2D eigenvalue weighted by Crippen LogP contribution is -2.56. The van der Waals surface area contributed by atoms with Crippen LogP contribution < -0.4 is 10.5 Å². The van der Waals surface area contributed by atoms with E-state index in [1.807, 2.05) is 4.90 Å². The van der Waals surface area contributed by atoms with Gasteiger partial charge >= 0.3 is 0 Å². The molecule has 1 heterocycles. The fourth-order valence-corrected chi connectivity index (χ4v) is 2.38. The molecule has 2 N–H and O–H groups in total. The standard InChI is InChI=1S/C14H21N3O2/c1-16-7-8-17(12(9-15)10-16)14(18)11-3-5-13(19-2)6-4-11/h3-6,12H,7-10,15H2,1-2H3. The molecule has 0 aliphatic carbocycles. The Kier molecular flexibility index (Phi) is 4.39. The Labute approximate surface area is 113 Å². The summed E-state index contributed by atoms with van der Waals surface area (Å²) < 4.78 is 5.10. The van der Waals surface area contributed by atoms with E-state index in [1.165, 1.54) is 0 Å². The van der Waals surface area contributed by atoms with Crippen molar-refractivity contribution in [2.24, 2.45) is 5.73 Å². The maximum atomic E-state index is 12.5. The lowest BCUT2D eigenvalue weighted by Gasteiger charge is -2.39. The summed E-state index contributed by atoms with van der Waals surface area (Å²) in [4.78, 5) is 16.6. The zero-order valence-electron chi connectivity index (χ0n) is 11.5. The first kappa shape index (κ1) is 13.8. The van der Waals surface area contributed by atoms with E-state index in [0.717, 1.165) is 25.4 Å². The molecule has 0 saturated carbocycles. The molecule has 1 fully saturated rings. The van der Waals surface area contributed by atoms with Gasteiger partial charge in [0.2, 0.25) is 0 Å². The molecule has 2 rings (SSSR count). The van der Waals surface area contributed by atoms with Crippen molar-refractivity contribution >= 4 is 5.91 Å². The van der Waals surface area contributed by atoms with Gasteiger partial charge in [0.15, 0.2) is 0 Å². The van der Waals surface area contributed by atoms with Crippen molar-refractivity contribution in [2.45, 2.75) is 6.04 Å². The third-order valence-corrected chi connectivity index (χ3v) is 3.56. The van der Waals surface area contributed by atoms with Crippen molar-refractivity contribution in [3.05, 3.63) is 29.8 Å². The van der Waals surface area contributed by atoms with Gasteiger partial charge in [-0.3, -0.25) is 4.79 Å². The first-order valence-electron chi connectivity index (χ1n) is 6.49. The number of nitrogens with zero attached hydrogens (tertiary/aromatic N) is 2. The highest BCUT2D eigenvalue weighted by Crippen LogP contribution is 2.16. The van der Waals surface area contributed by atoms with Crippen molar-refractivity contribution in [1.29, 1.82) is 0 Å². The number of likely N-dealkylation sites (N-methyl/N-ethyl adjacent to an activating group) is 1. The van der Waals surface area contributed by atoms with Crippen LogP contribution in [0.4, 0.5) is 0 Å². The molecule has 1 aliphatic rings. The normalized spacial score (nSPS) is 20.4. The van der Waals surface area contributed by atoms with Crippen LogP contribution in [0, 0.1) is 0 Å². The van der Waals surface area contributed by atoms with Crippen LogP contribution in [0.2, 0.25) is 0 Å². The Morgan fingerprint density at radius 1 is 1.37 bits per heavy atom. The summed E-state index contributed by atoms with van der Waals surface area (Å²) in [5.74, 6) is 0.802. The molecule has 1 saturated heterocycles. The topological polar surface area (TPSA) is 58.8 Å². The monoisotopic (exact) mass is 263 g/mol. The second-order valence-corrected chi connectivity index (χ2v) is 4.88. The van der Waals surface area contributed by atoms with Gasteiger partial charge in [0, 0.05) is 31.7 Å². The summed E-state index contributed by atoms with van der Waals surface area (Å²) in [7, 11) is 3.67. The SMILES string of the molecule is COc1ccc(C(=O)N2CCN(C)CC2CN)cc1. The van der Waals surface area contributed by atoms with Gasteiger partial charge in [-0.25, -0.2) is 0 Å². The first-order valence-corrected chi connectivity index (χ1v) is 6.49. The van der Waals surface area contributed by atoms with Crippen molar-refractivity contribution in [3.63, 3.8) is 0 Å². The van der Waals surface area contributed by atoms with Gasteiger partial charge in [0.1, 0.15) is 5.75 Å². The maximum absolute atomic E-state index is 12.5. The van der Waals surface area contributed by atoms with E-state index >= 15 is 0 Å². The van der Waals surface area contributed by atoms with Crippen LogP contribution in [0.3, 0.4) is 0 Å². The fourth-order valence-electron chi connectivity index (χ4n) is 2.38. The number of piperazine rings is 1. The highest BCUT2D eigenvalue weighted by Gasteiger charge is 2.28. The van der Waals surface area contributed by atoms with E-state index in [-0.39, 0.29) is 11.9 Å². The Bertz CT molecular complexity index is 433. The molecule has 1 aliphatic heterocycles. The van der Waals surface area contributed by atoms with E-state index in [0.29, 0.717) is 12.1 Å². The summed E-state index contributed by atoms with van der Waals surface area (Å²) in [6, 6.07) is 7.30. The number of amides is 1. The van der Waals surface area contributed by atoms with Crippen molar-refractivity contribution in [3.8, 4) is 5.75 Å². The van der Waals surface area contributed by atoms with Gasteiger partial charge < -0.3 is 20.3 Å². The molecule has 0 bridgehead atoms. The predicted molar refractivity (Wildman–Crippen MR) is 74.4 cm³/mol. The molecule has 1 atom stereocenters. The van der Waals surface area contributed by atoms with Crippen molar-refractivity contribution in [2.75, 3.05) is 40.3 Å².